The molecule has 0 aliphatic rings. The SMILES string of the molecule is CCOC(=O)c1c2c(cc3n1c1ccccc1[n+]3CC(=O)O)c1cccc3cccc2c31. The van der Waals surface area contributed by atoms with E-state index < -0.39 is 11.9 Å². The number of esters is 1. The number of carboxylic acid groups (broad SMARTS) is 1. The normalized spacial score (nSPS) is 11.9. The van der Waals surface area contributed by atoms with E-state index in [1.165, 1.54) is 0 Å². The Morgan fingerprint density at radius 1 is 0.938 bits per heavy atom. The van der Waals surface area contributed by atoms with Crippen LogP contribution in [-0.4, -0.2) is 28.1 Å². The van der Waals surface area contributed by atoms with Crippen LogP contribution in [0.1, 0.15) is 17.4 Å². The molecule has 0 aliphatic carbocycles. The minimum absolute atomic E-state index is 0.213. The van der Waals surface area contributed by atoms with Crippen molar-refractivity contribution in [3.05, 3.63) is 72.4 Å². The Bertz CT molecular complexity index is 1710. The minimum Gasteiger partial charge on any atom is -0.478 e. The van der Waals surface area contributed by atoms with E-state index in [9.17, 15) is 14.7 Å². The number of pyridine rings is 1. The van der Waals surface area contributed by atoms with E-state index in [0.29, 0.717) is 11.3 Å². The molecule has 0 saturated heterocycles. The van der Waals surface area contributed by atoms with Gasteiger partial charge in [0, 0.05) is 16.8 Å². The molecule has 4 aromatic carbocycles. The number of carboxylic acids is 1. The van der Waals surface area contributed by atoms with Crippen molar-refractivity contribution >= 4 is 60.9 Å². The van der Waals surface area contributed by atoms with Gasteiger partial charge in [0.05, 0.1) is 6.61 Å². The number of carbonyl (C=O) groups is 2. The van der Waals surface area contributed by atoms with Crippen LogP contribution < -0.4 is 4.57 Å². The molecule has 6 nitrogen and oxygen atoms in total. The first-order valence-electron chi connectivity index (χ1n) is 10.5. The van der Waals surface area contributed by atoms with Gasteiger partial charge >= 0.3 is 11.9 Å². The molecule has 0 atom stereocenters. The molecule has 6 aromatic rings. The number of aromatic nitrogens is 2. The molecule has 0 fully saturated rings. The van der Waals surface area contributed by atoms with E-state index in [1.807, 2.05) is 59.0 Å². The maximum absolute atomic E-state index is 13.4. The molecule has 0 radical (unpaired) electrons. The first kappa shape index (κ1) is 18.6. The monoisotopic (exact) mass is 423 g/mol. The van der Waals surface area contributed by atoms with Crippen LogP contribution >= 0.6 is 0 Å². The van der Waals surface area contributed by atoms with Crippen molar-refractivity contribution in [2.75, 3.05) is 6.61 Å². The summed E-state index contributed by atoms with van der Waals surface area (Å²) in [4.78, 5) is 25.1. The van der Waals surface area contributed by atoms with Crippen molar-refractivity contribution in [3.8, 4) is 0 Å². The Labute approximate surface area is 182 Å². The first-order chi connectivity index (χ1) is 15.6. The highest BCUT2D eigenvalue weighted by Gasteiger charge is 2.31. The molecule has 156 valence electrons. The maximum atomic E-state index is 13.4. The third kappa shape index (κ3) is 2.37. The average Bonchev–Trinajstić information content (AvgIpc) is 3.28. The van der Waals surface area contributed by atoms with Gasteiger partial charge in [-0.25, -0.2) is 14.2 Å². The van der Waals surface area contributed by atoms with Crippen molar-refractivity contribution in [2.45, 2.75) is 13.5 Å². The predicted octanol–water partition coefficient (Wildman–Crippen LogP) is 4.54. The van der Waals surface area contributed by atoms with Gasteiger partial charge < -0.3 is 9.84 Å². The molecule has 0 spiro atoms. The van der Waals surface area contributed by atoms with Gasteiger partial charge in [0.25, 0.3) is 5.65 Å². The summed E-state index contributed by atoms with van der Waals surface area (Å²) in [6, 6.07) is 21.7. The summed E-state index contributed by atoms with van der Waals surface area (Å²) in [6.07, 6.45) is 0. The maximum Gasteiger partial charge on any atom is 0.379 e. The molecule has 0 bridgehead atoms. The van der Waals surface area contributed by atoms with Crippen LogP contribution in [-0.2, 0) is 16.1 Å². The van der Waals surface area contributed by atoms with Gasteiger partial charge in [-0.2, -0.15) is 4.40 Å². The lowest BCUT2D eigenvalue weighted by Gasteiger charge is -2.05. The second kappa shape index (κ2) is 6.65. The number of hydrogen-bond acceptors (Lipinski definition) is 3. The highest BCUT2D eigenvalue weighted by Crippen LogP contribution is 2.41. The van der Waals surface area contributed by atoms with Crippen LogP contribution in [0.4, 0.5) is 0 Å². The lowest BCUT2D eigenvalue weighted by atomic mass is 10.1. The highest BCUT2D eigenvalue weighted by atomic mass is 16.5. The summed E-state index contributed by atoms with van der Waals surface area (Å²) in [5, 5.41) is 15.6. The molecule has 1 N–H and O–H groups in total. The van der Waals surface area contributed by atoms with Crippen molar-refractivity contribution in [3.63, 3.8) is 0 Å². The number of rotatable bonds is 4. The standard InChI is InChI=1S/C26H18N2O4/c1-2-32-26(31)25-24-17-10-6-8-15-7-5-9-16(23(15)17)18(24)13-21-27(14-22(29)30)19-11-3-4-12-20(19)28(21)25/h3-13H,2,14H2,1H3/p+1. The average molecular weight is 423 g/mol. The molecule has 2 aromatic heterocycles. The van der Waals surface area contributed by atoms with Crippen LogP contribution in [0.3, 0.4) is 0 Å². The Balaban J connectivity index is 1.94. The fraction of sp³-hybridized carbons (Fsp3) is 0.115. The third-order valence-electron chi connectivity index (χ3n) is 6.15. The number of nitrogens with zero attached hydrogens (tertiary/aromatic N) is 2. The highest BCUT2D eigenvalue weighted by molar-refractivity contribution is 6.33. The van der Waals surface area contributed by atoms with Crippen molar-refractivity contribution in [1.82, 2.24) is 4.40 Å². The van der Waals surface area contributed by atoms with E-state index in [1.54, 1.807) is 11.5 Å². The van der Waals surface area contributed by atoms with Gasteiger partial charge in [-0.3, -0.25) is 0 Å². The van der Waals surface area contributed by atoms with E-state index in [4.69, 9.17) is 4.74 Å². The summed E-state index contributed by atoms with van der Waals surface area (Å²) >= 11 is 0. The second-order valence-corrected chi connectivity index (χ2v) is 7.87. The molecule has 6 heteroatoms. The van der Waals surface area contributed by atoms with E-state index >= 15 is 0 Å². The van der Waals surface area contributed by atoms with Gasteiger partial charge in [0.2, 0.25) is 5.69 Å². The van der Waals surface area contributed by atoms with Crippen molar-refractivity contribution < 1.29 is 24.0 Å². The molecule has 2 heterocycles. The number of carbonyl (C=O) groups excluding carboxylic acids is 1. The zero-order chi connectivity index (χ0) is 22.0. The summed E-state index contributed by atoms with van der Waals surface area (Å²) in [5.74, 6) is -1.38. The smallest absolute Gasteiger partial charge is 0.379 e. The zero-order valence-electron chi connectivity index (χ0n) is 17.3. The topological polar surface area (TPSA) is 71.9 Å². The Morgan fingerprint density at radius 2 is 1.69 bits per heavy atom. The van der Waals surface area contributed by atoms with Crippen LogP contribution in [0.25, 0.3) is 49.0 Å². The van der Waals surface area contributed by atoms with Crippen molar-refractivity contribution in [1.29, 1.82) is 0 Å². The van der Waals surface area contributed by atoms with Crippen LogP contribution in [0.5, 0.6) is 0 Å². The summed E-state index contributed by atoms with van der Waals surface area (Å²) in [6.45, 7) is 1.82. The fourth-order valence-corrected chi connectivity index (χ4v) is 5.02. The molecule has 0 aliphatic heterocycles. The van der Waals surface area contributed by atoms with Crippen molar-refractivity contribution in [2.24, 2.45) is 0 Å². The number of benzene rings is 3. The zero-order valence-corrected chi connectivity index (χ0v) is 17.3. The van der Waals surface area contributed by atoms with Crippen LogP contribution in [0.2, 0.25) is 0 Å². The second-order valence-electron chi connectivity index (χ2n) is 7.87. The Hall–Kier alpha value is -4.19. The fourth-order valence-electron chi connectivity index (χ4n) is 5.02. The third-order valence-corrected chi connectivity index (χ3v) is 6.15. The summed E-state index contributed by atoms with van der Waals surface area (Å²) < 4.78 is 9.10. The van der Waals surface area contributed by atoms with Gasteiger partial charge in [-0.15, -0.1) is 0 Å². The Morgan fingerprint density at radius 3 is 2.44 bits per heavy atom. The van der Waals surface area contributed by atoms with Crippen LogP contribution in [0, 0.1) is 0 Å². The molecular weight excluding hydrogens is 404 g/mol. The molecule has 32 heavy (non-hydrogen) atoms. The predicted molar refractivity (Wildman–Crippen MR) is 122 cm³/mol. The largest absolute Gasteiger partial charge is 0.478 e. The van der Waals surface area contributed by atoms with E-state index in [2.05, 4.69) is 12.1 Å². The minimum atomic E-state index is -0.947. The lowest BCUT2D eigenvalue weighted by molar-refractivity contribution is -0.634. The van der Waals surface area contributed by atoms with Gasteiger partial charge in [-0.05, 0) is 40.6 Å². The molecule has 6 rings (SSSR count). The van der Waals surface area contributed by atoms with E-state index in [-0.39, 0.29) is 13.2 Å². The summed E-state index contributed by atoms with van der Waals surface area (Å²) in [7, 11) is 0. The Kier molecular flexibility index (Phi) is 3.86. The van der Waals surface area contributed by atoms with Gasteiger partial charge in [0.15, 0.2) is 17.6 Å². The molecular formula is C26H19N2O4+. The number of imidazole rings is 1. The number of fused-ring (bicyclic) bond motifs is 6. The number of hydrogen-bond donors (Lipinski definition) is 1. The number of para-hydroxylation sites is 2. The van der Waals surface area contributed by atoms with E-state index in [0.717, 1.165) is 43.4 Å². The molecule has 0 unspecified atom stereocenters. The quantitative estimate of drug-likeness (QED) is 0.334. The summed E-state index contributed by atoms with van der Waals surface area (Å²) in [5.41, 5.74) is 2.57. The van der Waals surface area contributed by atoms with Crippen LogP contribution in [0.15, 0.2) is 66.7 Å². The number of aliphatic carboxylic acids is 1. The molecule has 0 amide bonds. The van der Waals surface area contributed by atoms with Gasteiger partial charge in [-0.1, -0.05) is 48.5 Å². The first-order valence-corrected chi connectivity index (χ1v) is 10.5. The molecule has 0 saturated carbocycles. The van der Waals surface area contributed by atoms with Gasteiger partial charge in [0.1, 0.15) is 0 Å². The lowest BCUT2D eigenvalue weighted by Crippen LogP contribution is -2.37. The number of ether oxygens (including phenoxy) is 1.